The first-order valence-electron chi connectivity index (χ1n) is 7.85. The summed E-state index contributed by atoms with van der Waals surface area (Å²) in [6.07, 6.45) is 1.44. The summed E-state index contributed by atoms with van der Waals surface area (Å²) in [5.41, 5.74) is 1.18. The number of amides is 1. The Morgan fingerprint density at radius 1 is 1.09 bits per heavy atom. The fourth-order valence-electron chi connectivity index (χ4n) is 2.32. The van der Waals surface area contributed by atoms with E-state index in [-0.39, 0.29) is 5.91 Å². The molecule has 0 bridgehead atoms. The number of nitrogens with zero attached hydrogens (tertiary/aromatic N) is 1. The summed E-state index contributed by atoms with van der Waals surface area (Å²) in [6, 6.07) is 5.93. The van der Waals surface area contributed by atoms with E-state index in [1.54, 1.807) is 14.2 Å². The molecule has 0 fully saturated rings. The van der Waals surface area contributed by atoms with E-state index in [1.807, 2.05) is 36.9 Å². The lowest BCUT2D eigenvalue weighted by Gasteiger charge is -2.18. The van der Waals surface area contributed by atoms with Gasteiger partial charge >= 0.3 is 0 Å². The van der Waals surface area contributed by atoms with Crippen molar-refractivity contribution in [3.63, 3.8) is 0 Å². The number of benzene rings is 1. The van der Waals surface area contributed by atoms with Crippen LogP contribution in [0.4, 0.5) is 0 Å². The second kappa shape index (κ2) is 10.1. The van der Waals surface area contributed by atoms with E-state index in [0.717, 1.165) is 37.6 Å². The summed E-state index contributed by atoms with van der Waals surface area (Å²) in [5.74, 6) is 1.70. The van der Waals surface area contributed by atoms with Crippen LogP contribution in [0.2, 0.25) is 0 Å². The molecule has 0 spiro atoms. The number of rotatable bonds is 10. The highest BCUT2D eigenvalue weighted by atomic mass is 16.5. The van der Waals surface area contributed by atoms with Crippen LogP contribution in [-0.2, 0) is 11.2 Å². The lowest BCUT2D eigenvalue weighted by molar-refractivity contribution is -0.130. The fraction of sp³-hybridized carbons (Fsp3) is 0.588. The molecule has 0 aliphatic rings. The van der Waals surface area contributed by atoms with Crippen molar-refractivity contribution in [2.45, 2.75) is 26.7 Å². The Kier molecular flexibility index (Phi) is 8.36. The molecule has 1 amide bonds. The minimum atomic E-state index is 0.212. The molecule has 0 saturated heterocycles. The maximum absolute atomic E-state index is 11.8. The van der Waals surface area contributed by atoms with Gasteiger partial charge in [0.25, 0.3) is 0 Å². The first-order chi connectivity index (χ1) is 10.7. The normalized spacial score (nSPS) is 10.4. The number of nitrogens with one attached hydrogen (secondary N) is 1. The average molecular weight is 308 g/mol. The predicted molar refractivity (Wildman–Crippen MR) is 88.7 cm³/mol. The molecule has 0 radical (unpaired) electrons. The Hall–Kier alpha value is -1.75. The van der Waals surface area contributed by atoms with Crippen molar-refractivity contribution in [2.75, 3.05) is 40.4 Å². The Morgan fingerprint density at radius 2 is 1.77 bits per heavy atom. The highest BCUT2D eigenvalue weighted by Crippen LogP contribution is 2.27. The summed E-state index contributed by atoms with van der Waals surface area (Å²) in [6.45, 7) is 7.11. The molecule has 124 valence electrons. The second-order valence-corrected chi connectivity index (χ2v) is 5.01. The summed E-state index contributed by atoms with van der Waals surface area (Å²) >= 11 is 0. The van der Waals surface area contributed by atoms with Crippen LogP contribution in [0.25, 0.3) is 0 Å². The number of methoxy groups -OCH3 is 2. The van der Waals surface area contributed by atoms with Gasteiger partial charge in [-0.05, 0) is 44.5 Å². The van der Waals surface area contributed by atoms with E-state index in [9.17, 15) is 4.79 Å². The molecular weight excluding hydrogens is 280 g/mol. The third kappa shape index (κ3) is 5.56. The largest absolute Gasteiger partial charge is 0.493 e. The molecule has 0 saturated carbocycles. The van der Waals surface area contributed by atoms with E-state index in [1.165, 1.54) is 5.56 Å². The topological polar surface area (TPSA) is 50.8 Å². The molecule has 0 heterocycles. The zero-order chi connectivity index (χ0) is 16.4. The number of ether oxygens (including phenoxy) is 2. The van der Waals surface area contributed by atoms with Crippen molar-refractivity contribution < 1.29 is 14.3 Å². The molecule has 0 unspecified atom stereocenters. The van der Waals surface area contributed by atoms with Crippen molar-refractivity contribution in [3.8, 4) is 11.5 Å². The molecular formula is C17H28N2O3. The van der Waals surface area contributed by atoms with Crippen molar-refractivity contribution >= 4 is 5.91 Å². The van der Waals surface area contributed by atoms with Gasteiger partial charge in [-0.3, -0.25) is 4.79 Å². The summed E-state index contributed by atoms with van der Waals surface area (Å²) in [4.78, 5) is 13.7. The van der Waals surface area contributed by atoms with Gasteiger partial charge in [-0.15, -0.1) is 0 Å². The number of hydrogen-bond donors (Lipinski definition) is 1. The molecule has 1 N–H and O–H groups in total. The SMILES string of the molecule is CCN(CC)C(=O)CCNCCc1ccc(OC)c(OC)c1. The lowest BCUT2D eigenvalue weighted by atomic mass is 10.1. The fourth-order valence-corrected chi connectivity index (χ4v) is 2.32. The smallest absolute Gasteiger partial charge is 0.223 e. The third-order valence-corrected chi connectivity index (χ3v) is 3.67. The maximum Gasteiger partial charge on any atom is 0.223 e. The number of carbonyl (C=O) groups excluding carboxylic acids is 1. The van der Waals surface area contributed by atoms with E-state index >= 15 is 0 Å². The van der Waals surface area contributed by atoms with Crippen LogP contribution in [0, 0.1) is 0 Å². The number of hydrogen-bond acceptors (Lipinski definition) is 4. The van der Waals surface area contributed by atoms with Crippen molar-refractivity contribution in [2.24, 2.45) is 0 Å². The van der Waals surface area contributed by atoms with Crippen LogP contribution >= 0.6 is 0 Å². The Labute approximate surface area is 133 Å². The van der Waals surface area contributed by atoms with E-state index in [0.29, 0.717) is 13.0 Å². The molecule has 22 heavy (non-hydrogen) atoms. The highest BCUT2D eigenvalue weighted by Gasteiger charge is 2.08. The Balaban J connectivity index is 2.32. The molecule has 0 atom stereocenters. The quantitative estimate of drug-likeness (QED) is 0.673. The van der Waals surface area contributed by atoms with Gasteiger partial charge in [-0.1, -0.05) is 6.07 Å². The highest BCUT2D eigenvalue weighted by molar-refractivity contribution is 5.76. The van der Waals surface area contributed by atoms with Crippen molar-refractivity contribution in [3.05, 3.63) is 23.8 Å². The van der Waals surface area contributed by atoms with Crippen LogP contribution in [0.3, 0.4) is 0 Å². The van der Waals surface area contributed by atoms with Gasteiger partial charge in [0.05, 0.1) is 14.2 Å². The number of carbonyl (C=O) groups is 1. The molecule has 0 aliphatic carbocycles. The minimum Gasteiger partial charge on any atom is -0.493 e. The van der Waals surface area contributed by atoms with Gasteiger partial charge < -0.3 is 19.7 Å². The van der Waals surface area contributed by atoms with Gasteiger partial charge in [-0.2, -0.15) is 0 Å². The zero-order valence-electron chi connectivity index (χ0n) is 14.1. The standard InChI is InChI=1S/C17H28N2O3/c1-5-19(6-2)17(20)10-12-18-11-9-14-7-8-15(21-3)16(13-14)22-4/h7-8,13,18H,5-6,9-12H2,1-4H3. The Morgan fingerprint density at radius 3 is 2.36 bits per heavy atom. The van der Waals surface area contributed by atoms with Gasteiger partial charge in [0.2, 0.25) is 5.91 Å². The van der Waals surface area contributed by atoms with E-state index in [2.05, 4.69) is 5.32 Å². The second-order valence-electron chi connectivity index (χ2n) is 5.01. The maximum atomic E-state index is 11.8. The lowest BCUT2D eigenvalue weighted by Crippen LogP contribution is -2.33. The van der Waals surface area contributed by atoms with Crippen LogP contribution in [-0.4, -0.2) is 51.2 Å². The van der Waals surface area contributed by atoms with E-state index in [4.69, 9.17) is 9.47 Å². The van der Waals surface area contributed by atoms with Gasteiger partial charge in [0, 0.05) is 26.1 Å². The first kappa shape index (κ1) is 18.3. The van der Waals surface area contributed by atoms with Gasteiger partial charge in [0.1, 0.15) is 0 Å². The molecule has 5 heteroatoms. The molecule has 1 aromatic rings. The van der Waals surface area contributed by atoms with Crippen LogP contribution in [0.5, 0.6) is 11.5 Å². The molecule has 1 rings (SSSR count). The summed E-state index contributed by atoms with van der Waals surface area (Å²) < 4.78 is 10.5. The first-order valence-corrected chi connectivity index (χ1v) is 7.85. The summed E-state index contributed by atoms with van der Waals surface area (Å²) in [7, 11) is 3.27. The van der Waals surface area contributed by atoms with Crippen LogP contribution in [0.1, 0.15) is 25.8 Å². The van der Waals surface area contributed by atoms with Gasteiger partial charge in [0.15, 0.2) is 11.5 Å². The van der Waals surface area contributed by atoms with E-state index < -0.39 is 0 Å². The molecule has 0 aliphatic heterocycles. The molecule has 0 aromatic heterocycles. The van der Waals surface area contributed by atoms with Crippen LogP contribution < -0.4 is 14.8 Å². The minimum absolute atomic E-state index is 0.212. The van der Waals surface area contributed by atoms with Crippen LogP contribution in [0.15, 0.2) is 18.2 Å². The molecule has 5 nitrogen and oxygen atoms in total. The van der Waals surface area contributed by atoms with Crippen molar-refractivity contribution in [1.29, 1.82) is 0 Å². The monoisotopic (exact) mass is 308 g/mol. The average Bonchev–Trinajstić information content (AvgIpc) is 2.55. The predicted octanol–water partition coefficient (Wildman–Crippen LogP) is 2.09. The summed E-state index contributed by atoms with van der Waals surface area (Å²) in [5, 5.41) is 3.31. The van der Waals surface area contributed by atoms with Crippen molar-refractivity contribution in [1.82, 2.24) is 10.2 Å². The third-order valence-electron chi connectivity index (χ3n) is 3.67. The van der Waals surface area contributed by atoms with Gasteiger partial charge in [-0.25, -0.2) is 0 Å². The molecule has 1 aromatic carbocycles. The zero-order valence-corrected chi connectivity index (χ0v) is 14.1. The Bertz CT molecular complexity index is 459.